The van der Waals surface area contributed by atoms with Crippen LogP contribution in [-0.2, 0) is 10.2 Å². The molecule has 1 rings (SSSR count). The molecule has 0 unspecified atom stereocenters. The second kappa shape index (κ2) is 2.94. The first kappa shape index (κ1) is 9.33. The number of nitrogens with zero attached hydrogens (tertiary/aromatic N) is 2. The minimum Gasteiger partial charge on any atom is -0.275 e. The van der Waals surface area contributed by atoms with Gasteiger partial charge in [-0.25, -0.2) is 9.52 Å². The lowest BCUT2D eigenvalue weighted by Gasteiger charge is -2.21. The van der Waals surface area contributed by atoms with Gasteiger partial charge in [0.1, 0.15) is 0 Å². The van der Waals surface area contributed by atoms with Crippen LogP contribution in [0.4, 0.5) is 4.79 Å². The Morgan fingerprint density at radius 3 is 2.75 bits per heavy atom. The fraction of sp³-hybridized carbons (Fsp3) is 0.250. The molecule has 0 bridgehead atoms. The van der Waals surface area contributed by atoms with Crippen LogP contribution in [0.5, 0.6) is 0 Å². The molecule has 8 heteroatoms. The van der Waals surface area contributed by atoms with Crippen LogP contribution in [0.2, 0.25) is 0 Å². The molecule has 0 spiro atoms. The topological polar surface area (TPSA) is 78.8 Å². The van der Waals surface area contributed by atoms with E-state index in [0.717, 1.165) is 16.7 Å². The normalized spacial score (nSPS) is 21.7. The summed E-state index contributed by atoms with van der Waals surface area (Å²) in [4.78, 5) is 12.0. The van der Waals surface area contributed by atoms with Gasteiger partial charge in [0, 0.05) is 13.3 Å². The molecule has 1 N–H and O–H groups in total. The first-order valence-corrected chi connectivity index (χ1v) is 5.21. The lowest BCUT2D eigenvalue weighted by molar-refractivity contribution is 0.232. The van der Waals surface area contributed by atoms with Gasteiger partial charge in [0.05, 0.1) is 0 Å². The van der Waals surface area contributed by atoms with E-state index in [2.05, 4.69) is 10.7 Å². The molecule has 0 fully saturated rings. The van der Waals surface area contributed by atoms with Crippen LogP contribution in [0.1, 0.15) is 0 Å². The van der Waals surface area contributed by atoms with Gasteiger partial charge in [-0.2, -0.15) is 8.42 Å². The smallest absolute Gasteiger partial charge is 0.275 e. The summed E-state index contributed by atoms with van der Waals surface area (Å²) in [6.45, 7) is 0. The van der Waals surface area contributed by atoms with E-state index in [4.69, 9.17) is 0 Å². The summed E-state index contributed by atoms with van der Waals surface area (Å²) in [6, 6.07) is -0.726. The molecule has 0 aromatic carbocycles. The third-order valence-electron chi connectivity index (χ3n) is 1.14. The summed E-state index contributed by atoms with van der Waals surface area (Å²) in [5.41, 5.74) is 0. The number of hydrogen-bond acceptors (Lipinski definition) is 4. The molecule has 0 saturated heterocycles. The third-order valence-corrected chi connectivity index (χ3v) is 2.72. The average Bonchev–Trinajstić information content (AvgIpc) is 1.96. The average molecular weight is 208 g/mol. The van der Waals surface area contributed by atoms with E-state index in [1.54, 1.807) is 4.72 Å². The Kier molecular flexibility index (Phi) is 2.29. The van der Waals surface area contributed by atoms with Gasteiger partial charge in [0.25, 0.3) is 0 Å². The first-order chi connectivity index (χ1) is 5.46. The van der Waals surface area contributed by atoms with Gasteiger partial charge < -0.3 is 0 Å². The first-order valence-electron chi connectivity index (χ1n) is 2.78. The monoisotopic (exact) mass is 208 g/mol. The minimum absolute atomic E-state index is 0.0544. The maximum absolute atomic E-state index is 10.9. The lowest BCUT2D eigenvalue weighted by atomic mass is 10.8. The highest BCUT2D eigenvalue weighted by atomic mass is 32.2. The van der Waals surface area contributed by atoms with Crippen molar-refractivity contribution < 1.29 is 13.2 Å². The largest absolute Gasteiger partial charge is 0.348 e. The maximum atomic E-state index is 10.9. The summed E-state index contributed by atoms with van der Waals surface area (Å²) in [6.07, 6.45) is 3.36. The summed E-state index contributed by atoms with van der Waals surface area (Å²) < 4.78 is 26.5. The van der Waals surface area contributed by atoms with E-state index in [0.29, 0.717) is 0 Å². The highest BCUT2D eigenvalue weighted by Gasteiger charge is 2.26. The van der Waals surface area contributed by atoms with Gasteiger partial charge in [0.2, 0.25) is 0 Å². The van der Waals surface area contributed by atoms with Gasteiger partial charge in [0.15, 0.2) is 5.17 Å². The van der Waals surface area contributed by atoms with E-state index in [1.165, 1.54) is 7.05 Å². The molecule has 1 aliphatic rings. The molecular weight excluding hydrogens is 202 g/mol. The molecule has 0 aromatic heterocycles. The van der Waals surface area contributed by atoms with Gasteiger partial charge in [-0.15, -0.1) is 4.40 Å². The van der Waals surface area contributed by atoms with E-state index in [-0.39, 0.29) is 5.17 Å². The zero-order valence-corrected chi connectivity index (χ0v) is 7.78. The molecule has 67 valence electrons. The van der Waals surface area contributed by atoms with Gasteiger partial charge in [-0.1, -0.05) is 11.8 Å². The zero-order chi connectivity index (χ0) is 9.35. The molecule has 1 heterocycles. The quantitative estimate of drug-likeness (QED) is 0.596. The number of rotatable bonds is 0. The Bertz CT molecular complexity index is 333. The lowest BCUT2D eigenvalue weighted by Crippen LogP contribution is -2.46. The predicted molar refractivity (Wildman–Crippen MR) is 45.6 cm³/mol. The van der Waals surface area contributed by atoms with E-state index >= 15 is 0 Å². The molecule has 1 radical (unpaired) electrons. The van der Waals surface area contributed by atoms with E-state index in [9.17, 15) is 13.2 Å². The van der Waals surface area contributed by atoms with Gasteiger partial charge in [-0.3, -0.25) is 4.90 Å². The molecule has 0 atom stereocenters. The molecule has 0 aliphatic carbocycles. The van der Waals surface area contributed by atoms with E-state index in [1.807, 2.05) is 0 Å². The summed E-state index contributed by atoms with van der Waals surface area (Å²) in [7, 11) is -2.44. The van der Waals surface area contributed by atoms with Gasteiger partial charge in [-0.05, 0) is 0 Å². The van der Waals surface area contributed by atoms with Crippen LogP contribution in [-0.4, -0.2) is 31.6 Å². The van der Waals surface area contributed by atoms with E-state index < -0.39 is 16.2 Å². The van der Waals surface area contributed by atoms with Crippen molar-refractivity contribution >= 4 is 33.2 Å². The number of amidine groups is 1. The van der Waals surface area contributed by atoms with Crippen molar-refractivity contribution in [1.82, 2.24) is 9.62 Å². The number of carbonyl (C=O) groups is 1. The number of thioether (sulfide) groups is 1. The minimum atomic E-state index is -3.84. The number of amides is 2. The van der Waals surface area contributed by atoms with Crippen LogP contribution in [0.25, 0.3) is 0 Å². The fourth-order valence-corrected chi connectivity index (χ4v) is 2.09. The highest BCUT2D eigenvalue weighted by Crippen LogP contribution is 2.11. The fourth-order valence-electron chi connectivity index (χ4n) is 0.576. The highest BCUT2D eigenvalue weighted by molar-refractivity contribution is 8.15. The third kappa shape index (κ3) is 1.69. The van der Waals surface area contributed by atoms with Crippen molar-refractivity contribution in [3.63, 3.8) is 0 Å². The Morgan fingerprint density at radius 1 is 1.67 bits per heavy atom. The second-order valence-corrected chi connectivity index (χ2v) is 3.95. The molecule has 0 aromatic rings. The molecule has 6 nitrogen and oxygen atoms in total. The Hall–Kier alpha value is -0.760. The molecule has 1 aliphatic heterocycles. The maximum Gasteiger partial charge on any atom is 0.348 e. The molecule has 12 heavy (non-hydrogen) atoms. The van der Waals surface area contributed by atoms with Crippen LogP contribution in [0.3, 0.4) is 0 Å². The molecule has 2 amide bonds. The zero-order valence-electron chi connectivity index (χ0n) is 6.14. The van der Waals surface area contributed by atoms with Crippen molar-refractivity contribution in [3.05, 3.63) is 6.26 Å². The summed E-state index contributed by atoms with van der Waals surface area (Å²) in [5, 5.41) is 0.0544. The van der Waals surface area contributed by atoms with Crippen molar-refractivity contribution in [2.24, 2.45) is 4.40 Å². The van der Waals surface area contributed by atoms with Crippen molar-refractivity contribution in [2.75, 3.05) is 7.05 Å². The van der Waals surface area contributed by atoms with Crippen LogP contribution in [0.15, 0.2) is 4.40 Å². The molecular formula is C4H6N3O3S2. The Balaban J connectivity index is 3.13. The number of carbonyl (C=O) groups excluding carboxylic acids is 1. The number of nitrogens with one attached hydrogen (secondary N) is 1. The van der Waals surface area contributed by atoms with Crippen LogP contribution < -0.4 is 4.72 Å². The van der Waals surface area contributed by atoms with Gasteiger partial charge >= 0.3 is 16.2 Å². The van der Waals surface area contributed by atoms with Crippen LogP contribution >= 0.6 is 11.8 Å². The molecule has 0 saturated carbocycles. The van der Waals surface area contributed by atoms with Crippen molar-refractivity contribution in [2.45, 2.75) is 0 Å². The number of urea groups is 1. The summed E-state index contributed by atoms with van der Waals surface area (Å²) in [5.74, 6) is 0. The van der Waals surface area contributed by atoms with Crippen molar-refractivity contribution in [1.29, 1.82) is 0 Å². The predicted octanol–water partition coefficient (Wildman–Crippen LogP) is -0.233. The van der Waals surface area contributed by atoms with Crippen LogP contribution in [0, 0.1) is 6.26 Å². The Morgan fingerprint density at radius 2 is 2.25 bits per heavy atom. The number of hydrogen-bond donors (Lipinski definition) is 1. The Labute approximate surface area is 74.2 Å². The SMILES string of the molecule is [CH2]SC1=NS(=O)(=O)NC(=O)N1C. The van der Waals surface area contributed by atoms with Crippen molar-refractivity contribution in [3.8, 4) is 0 Å². The standard InChI is InChI=1S/C4H6N3O3S2/c1-7-3(8)5-12(9,10)6-4(7)11-2/h2H2,1H3,(H,5,8). The summed E-state index contributed by atoms with van der Waals surface area (Å²) >= 11 is 0.846. The second-order valence-electron chi connectivity index (χ2n) is 1.96.